The maximum Gasteiger partial charge on any atom is 0.472 e. The molecule has 17 heavy (non-hydrogen) atoms. The van der Waals surface area contributed by atoms with Crippen molar-refractivity contribution in [1.29, 1.82) is 0 Å². The Bertz CT molecular complexity index is 247. The molecule has 0 bridgehead atoms. The number of phosphoric acid groups is 1. The number of nitrogens with zero attached hydrogens (tertiary/aromatic N) is 1. The fourth-order valence-corrected chi connectivity index (χ4v) is 1.45. The van der Waals surface area contributed by atoms with Crippen LogP contribution in [0.15, 0.2) is 0 Å². The summed E-state index contributed by atoms with van der Waals surface area (Å²) >= 11 is 0. The van der Waals surface area contributed by atoms with Crippen LogP contribution in [0.4, 0.5) is 0 Å². The molecule has 7 nitrogen and oxygen atoms in total. The van der Waals surface area contributed by atoms with E-state index in [0.717, 1.165) is 0 Å². The third-order valence-corrected chi connectivity index (χ3v) is 2.64. The van der Waals surface area contributed by atoms with Crippen molar-refractivity contribution >= 4 is 7.82 Å². The first kappa shape index (κ1) is 19.6. The Balaban J connectivity index is 0. The van der Waals surface area contributed by atoms with Gasteiger partial charge >= 0.3 is 7.82 Å². The van der Waals surface area contributed by atoms with Crippen LogP contribution in [-0.4, -0.2) is 73.2 Å². The van der Waals surface area contributed by atoms with Crippen LogP contribution in [0.3, 0.4) is 0 Å². The molecule has 1 unspecified atom stereocenters. The Morgan fingerprint density at radius 1 is 1.29 bits per heavy atom. The topological polar surface area (TPSA) is 96.2 Å². The molecular weight excluding hydrogens is 273 g/mol. The number of hydrogen-bond acceptors (Lipinski definition) is 5. The molecule has 0 spiro atoms. The predicted molar refractivity (Wildman–Crippen MR) is 57.7 cm³/mol. The highest BCUT2D eigenvalue weighted by molar-refractivity contribution is 7.47. The van der Waals surface area contributed by atoms with Gasteiger partial charge in [-0.2, -0.15) is 0 Å². The van der Waals surface area contributed by atoms with E-state index in [1.807, 2.05) is 21.1 Å². The lowest BCUT2D eigenvalue weighted by Crippen LogP contribution is -3.00. The first-order valence-corrected chi connectivity index (χ1v) is 6.37. The van der Waals surface area contributed by atoms with Crippen LogP contribution >= 0.6 is 7.82 Å². The highest BCUT2D eigenvalue weighted by Gasteiger charge is 2.23. The molecular formula is C8H21ClNO6P. The molecule has 106 valence electrons. The van der Waals surface area contributed by atoms with Gasteiger partial charge in [0.2, 0.25) is 0 Å². The van der Waals surface area contributed by atoms with Gasteiger partial charge in [-0.1, -0.05) is 0 Å². The quantitative estimate of drug-likeness (QED) is 0.314. The van der Waals surface area contributed by atoms with Gasteiger partial charge in [-0.15, -0.1) is 0 Å². The van der Waals surface area contributed by atoms with E-state index >= 15 is 0 Å². The number of phosphoric ester groups is 1. The first-order chi connectivity index (χ1) is 7.16. The summed E-state index contributed by atoms with van der Waals surface area (Å²) in [7, 11) is 1.63. The summed E-state index contributed by atoms with van der Waals surface area (Å²) in [5, 5.41) is 17.4. The molecule has 0 amide bonds. The largest absolute Gasteiger partial charge is 1.00 e. The molecule has 0 saturated heterocycles. The zero-order valence-corrected chi connectivity index (χ0v) is 11.9. The summed E-state index contributed by atoms with van der Waals surface area (Å²) in [5.74, 6) is 0. The molecule has 3 N–H and O–H groups in total. The van der Waals surface area contributed by atoms with Crippen LogP contribution in [0.5, 0.6) is 0 Å². The third-order valence-electron chi connectivity index (χ3n) is 1.66. The number of likely N-dealkylation sites (N-methyl/N-ethyl adjacent to an activating group) is 1. The van der Waals surface area contributed by atoms with Crippen LogP contribution in [0, 0.1) is 0 Å². The number of aliphatic hydroxyl groups excluding tert-OH is 2. The molecule has 0 heterocycles. The number of hydrogen-bond donors (Lipinski definition) is 3. The Morgan fingerprint density at radius 2 is 1.82 bits per heavy atom. The molecule has 0 aliphatic heterocycles. The zero-order valence-electron chi connectivity index (χ0n) is 10.2. The van der Waals surface area contributed by atoms with Crippen LogP contribution < -0.4 is 12.4 Å². The summed E-state index contributed by atoms with van der Waals surface area (Å²) in [4.78, 5) is 9.17. The van der Waals surface area contributed by atoms with Crippen molar-refractivity contribution in [3.05, 3.63) is 0 Å². The zero-order chi connectivity index (χ0) is 12.8. The van der Waals surface area contributed by atoms with Gasteiger partial charge in [-0.05, 0) is 0 Å². The summed E-state index contributed by atoms with van der Waals surface area (Å²) < 4.78 is 21.0. The van der Waals surface area contributed by atoms with E-state index in [9.17, 15) is 4.57 Å². The summed E-state index contributed by atoms with van der Waals surface area (Å²) in [5.41, 5.74) is 0. The average Bonchev–Trinajstić information content (AvgIpc) is 2.12. The molecule has 2 atom stereocenters. The monoisotopic (exact) mass is 293 g/mol. The molecule has 0 aromatic carbocycles. The van der Waals surface area contributed by atoms with Gasteiger partial charge in [0.1, 0.15) is 19.3 Å². The Hall–Kier alpha value is 0.280. The number of aliphatic hydroxyl groups is 2. The average molecular weight is 294 g/mol. The van der Waals surface area contributed by atoms with Crippen molar-refractivity contribution in [3.63, 3.8) is 0 Å². The molecule has 0 rings (SSSR count). The minimum absolute atomic E-state index is 0. The smallest absolute Gasteiger partial charge is 0.472 e. The summed E-state index contributed by atoms with van der Waals surface area (Å²) in [6, 6.07) is 0. The van der Waals surface area contributed by atoms with Crippen molar-refractivity contribution < 1.29 is 45.6 Å². The van der Waals surface area contributed by atoms with E-state index in [-0.39, 0.29) is 19.0 Å². The Kier molecular flexibility index (Phi) is 9.69. The maximum absolute atomic E-state index is 11.2. The lowest BCUT2D eigenvalue weighted by Gasteiger charge is -2.24. The second-order valence-electron chi connectivity index (χ2n) is 4.45. The van der Waals surface area contributed by atoms with Crippen molar-refractivity contribution in [2.75, 3.05) is 47.5 Å². The molecule has 0 aliphatic carbocycles. The van der Waals surface area contributed by atoms with Gasteiger partial charge in [-0.25, -0.2) is 4.57 Å². The molecule has 0 aliphatic rings. The predicted octanol–water partition coefficient (Wildman–Crippen LogP) is -3.82. The Morgan fingerprint density at radius 3 is 2.24 bits per heavy atom. The fraction of sp³-hybridized carbons (Fsp3) is 1.00. The van der Waals surface area contributed by atoms with Crippen molar-refractivity contribution in [2.45, 2.75) is 6.10 Å². The highest BCUT2D eigenvalue weighted by atomic mass is 35.5. The van der Waals surface area contributed by atoms with Gasteiger partial charge < -0.3 is 32.0 Å². The van der Waals surface area contributed by atoms with E-state index in [0.29, 0.717) is 11.0 Å². The number of halogens is 1. The molecule has 0 saturated carbocycles. The van der Waals surface area contributed by atoms with Crippen LogP contribution in [0.1, 0.15) is 0 Å². The van der Waals surface area contributed by atoms with Gasteiger partial charge in [0.05, 0.1) is 34.4 Å². The molecule has 0 aromatic rings. The van der Waals surface area contributed by atoms with Gasteiger partial charge in [0.15, 0.2) is 0 Å². The Labute approximate surface area is 108 Å². The molecule has 0 radical (unpaired) electrons. The van der Waals surface area contributed by atoms with Crippen molar-refractivity contribution in [1.82, 2.24) is 0 Å². The van der Waals surface area contributed by atoms with Crippen molar-refractivity contribution in [3.8, 4) is 0 Å². The van der Waals surface area contributed by atoms with Crippen LogP contribution in [-0.2, 0) is 13.6 Å². The minimum Gasteiger partial charge on any atom is -1.00 e. The number of rotatable bonds is 8. The minimum atomic E-state index is -4.13. The van der Waals surface area contributed by atoms with Crippen molar-refractivity contribution in [2.24, 2.45) is 0 Å². The standard InChI is InChI=1S/C8H20NO6P.ClH/c1-9(2,3)4-5-14-16(12,13)15-7-8(11)6-10;/h8,10-11H,4-7H2,1-3H3;1H/t8-;/m0./s1. The van der Waals surface area contributed by atoms with E-state index in [4.69, 9.17) is 15.1 Å². The number of quaternary nitrogens is 1. The summed E-state index contributed by atoms with van der Waals surface area (Å²) in [6.45, 7) is -0.337. The first-order valence-electron chi connectivity index (χ1n) is 4.87. The molecule has 9 heteroatoms. The highest BCUT2D eigenvalue weighted by Crippen LogP contribution is 2.42. The van der Waals surface area contributed by atoms with Gasteiger partial charge in [-0.3, -0.25) is 9.05 Å². The third kappa shape index (κ3) is 12.5. The normalized spacial score (nSPS) is 17.1. The molecule has 0 fully saturated rings. The second kappa shape index (κ2) is 8.39. The maximum atomic E-state index is 11.2. The molecule has 0 aromatic heterocycles. The van der Waals surface area contributed by atoms with Gasteiger partial charge in [0.25, 0.3) is 0 Å². The lowest BCUT2D eigenvalue weighted by atomic mass is 10.4. The van der Waals surface area contributed by atoms with Crippen LogP contribution in [0.2, 0.25) is 0 Å². The summed E-state index contributed by atoms with van der Waals surface area (Å²) in [6.07, 6.45) is -1.18. The lowest BCUT2D eigenvalue weighted by molar-refractivity contribution is -0.870. The fourth-order valence-electron chi connectivity index (χ4n) is 0.700. The van der Waals surface area contributed by atoms with Crippen LogP contribution in [0.25, 0.3) is 0 Å². The van der Waals surface area contributed by atoms with Gasteiger partial charge in [0, 0.05) is 0 Å². The van der Waals surface area contributed by atoms with E-state index in [2.05, 4.69) is 9.05 Å². The van der Waals surface area contributed by atoms with E-state index < -0.39 is 27.1 Å². The second-order valence-corrected chi connectivity index (χ2v) is 5.90. The SMILES string of the molecule is C[N+](C)(C)CCOP(=O)(O)OC[C@@H](O)CO.[Cl-]. The van der Waals surface area contributed by atoms with E-state index in [1.54, 1.807) is 0 Å². The van der Waals surface area contributed by atoms with E-state index in [1.165, 1.54) is 0 Å².